The molecule has 1 fully saturated rings. The Labute approximate surface area is 185 Å². The largest absolute Gasteiger partial charge is 0.494 e. The van der Waals surface area contributed by atoms with Gasteiger partial charge in [0.1, 0.15) is 17.0 Å². The van der Waals surface area contributed by atoms with E-state index >= 15 is 0 Å². The molecule has 0 aromatic heterocycles. The van der Waals surface area contributed by atoms with E-state index < -0.39 is 24.1 Å². The molecule has 1 atom stereocenters. The fraction of sp³-hybridized carbons (Fsp3) is 0.348. The monoisotopic (exact) mass is 445 g/mol. The summed E-state index contributed by atoms with van der Waals surface area (Å²) in [4.78, 5) is 25.3. The molecule has 2 aromatic rings. The minimum Gasteiger partial charge on any atom is -0.494 e. The van der Waals surface area contributed by atoms with Crippen LogP contribution in [-0.4, -0.2) is 36.4 Å². The van der Waals surface area contributed by atoms with E-state index in [-0.39, 0.29) is 5.75 Å². The van der Waals surface area contributed by atoms with Crippen LogP contribution in [0.4, 0.5) is 13.6 Å². The molecule has 1 heterocycles. The molecule has 1 aliphatic heterocycles. The molecule has 1 N–H and O–H groups in total. The molecule has 1 unspecified atom stereocenters. The lowest BCUT2D eigenvalue weighted by atomic mass is 9.92. The van der Waals surface area contributed by atoms with E-state index in [1.165, 1.54) is 37.4 Å². The van der Waals surface area contributed by atoms with Crippen molar-refractivity contribution in [1.82, 2.24) is 10.3 Å². The van der Waals surface area contributed by atoms with Crippen LogP contribution < -0.4 is 14.8 Å². The minimum absolute atomic E-state index is 0.0457. The van der Waals surface area contributed by atoms with Crippen molar-refractivity contribution >= 4 is 18.2 Å². The third kappa shape index (κ3) is 5.40. The summed E-state index contributed by atoms with van der Waals surface area (Å²) in [5, 5.41) is 7.38. The number of ether oxygens (including phenoxy) is 2. The van der Waals surface area contributed by atoms with Gasteiger partial charge < -0.3 is 14.8 Å². The Morgan fingerprint density at radius 1 is 1.06 bits per heavy atom. The van der Waals surface area contributed by atoms with Crippen molar-refractivity contribution in [2.24, 2.45) is 11.0 Å². The molecule has 170 valence electrons. The normalized spacial score (nSPS) is 18.7. The highest BCUT2D eigenvalue weighted by atomic mass is 19.3. The van der Waals surface area contributed by atoms with Crippen LogP contribution >= 0.6 is 0 Å². The Morgan fingerprint density at radius 2 is 1.69 bits per heavy atom. The first-order chi connectivity index (χ1) is 15.2. The molecule has 0 radical (unpaired) electrons. The first kappa shape index (κ1) is 23.2. The Hall–Kier alpha value is -3.49. The third-order valence-corrected chi connectivity index (χ3v) is 4.99. The maximum absolute atomic E-state index is 12.9. The van der Waals surface area contributed by atoms with E-state index in [2.05, 4.69) is 29.0 Å². The number of hydrogen-bond donors (Lipinski definition) is 1. The van der Waals surface area contributed by atoms with Crippen LogP contribution in [0.2, 0.25) is 0 Å². The van der Waals surface area contributed by atoms with E-state index in [1.807, 2.05) is 0 Å². The molecule has 0 saturated carbocycles. The molecule has 9 heteroatoms. The number of imide groups is 1. The molecule has 3 rings (SSSR count). The number of hydrogen-bond acceptors (Lipinski definition) is 5. The topological polar surface area (TPSA) is 80.2 Å². The highest BCUT2D eigenvalue weighted by molar-refractivity contribution is 6.07. The summed E-state index contributed by atoms with van der Waals surface area (Å²) in [6, 6.07) is 12.0. The first-order valence-corrected chi connectivity index (χ1v) is 10.2. The lowest BCUT2D eigenvalue weighted by Gasteiger charge is -2.21. The summed E-state index contributed by atoms with van der Waals surface area (Å²) < 4.78 is 34.6. The summed E-state index contributed by atoms with van der Waals surface area (Å²) in [6.45, 7) is 3.45. The van der Waals surface area contributed by atoms with Crippen LogP contribution in [0, 0.1) is 5.92 Å². The van der Waals surface area contributed by atoms with E-state index in [0.717, 1.165) is 17.2 Å². The maximum atomic E-state index is 12.9. The predicted molar refractivity (Wildman–Crippen MR) is 115 cm³/mol. The number of halogens is 2. The van der Waals surface area contributed by atoms with E-state index in [1.54, 1.807) is 24.3 Å². The van der Waals surface area contributed by atoms with Crippen molar-refractivity contribution in [3.63, 3.8) is 0 Å². The number of urea groups is 1. The van der Waals surface area contributed by atoms with Crippen molar-refractivity contribution in [3.8, 4) is 11.5 Å². The predicted octanol–water partition coefficient (Wildman–Crippen LogP) is 4.51. The van der Waals surface area contributed by atoms with Crippen molar-refractivity contribution in [2.75, 3.05) is 6.61 Å². The molecular formula is C23H25F2N3O4. The lowest BCUT2D eigenvalue weighted by molar-refractivity contribution is -0.131. The highest BCUT2D eigenvalue weighted by Gasteiger charge is 2.49. The Morgan fingerprint density at radius 3 is 2.28 bits per heavy atom. The number of alkyl halides is 2. The number of hydrazone groups is 1. The van der Waals surface area contributed by atoms with Gasteiger partial charge in [0.25, 0.3) is 5.91 Å². The number of benzene rings is 2. The van der Waals surface area contributed by atoms with Crippen LogP contribution in [0.3, 0.4) is 0 Å². The molecule has 3 amide bonds. The molecule has 7 nitrogen and oxygen atoms in total. The van der Waals surface area contributed by atoms with Gasteiger partial charge in [-0.05, 0) is 66.8 Å². The van der Waals surface area contributed by atoms with Crippen LogP contribution in [0.5, 0.6) is 11.5 Å². The van der Waals surface area contributed by atoms with Crippen molar-refractivity contribution in [2.45, 2.75) is 39.3 Å². The number of nitrogens with zero attached hydrogens (tertiary/aromatic N) is 2. The zero-order valence-electron chi connectivity index (χ0n) is 18.0. The average molecular weight is 445 g/mol. The molecule has 1 aliphatic rings. The van der Waals surface area contributed by atoms with E-state index in [0.29, 0.717) is 23.7 Å². The quantitative estimate of drug-likeness (QED) is 0.455. The number of carbonyl (C=O) groups is 2. The van der Waals surface area contributed by atoms with Crippen molar-refractivity contribution < 1.29 is 27.8 Å². The van der Waals surface area contributed by atoms with Crippen LogP contribution in [-0.2, 0) is 10.3 Å². The Bertz CT molecular complexity index is 978. The molecule has 32 heavy (non-hydrogen) atoms. The van der Waals surface area contributed by atoms with E-state index in [4.69, 9.17) is 4.74 Å². The van der Waals surface area contributed by atoms with Gasteiger partial charge in [-0.2, -0.15) is 13.9 Å². The second-order valence-corrected chi connectivity index (χ2v) is 7.92. The minimum atomic E-state index is -2.95. The number of rotatable bonds is 9. The fourth-order valence-corrected chi connectivity index (χ4v) is 3.08. The SMILES string of the molecule is CC(C)CCOc1ccc(C=NN2C(=O)NC(C)(c3ccc(OC(F)F)cc3)C2=O)cc1. The zero-order valence-corrected chi connectivity index (χ0v) is 18.0. The van der Waals surface area contributed by atoms with Gasteiger partial charge in [-0.3, -0.25) is 4.79 Å². The fourth-order valence-electron chi connectivity index (χ4n) is 3.08. The summed E-state index contributed by atoms with van der Waals surface area (Å²) in [6.07, 6.45) is 2.36. The molecule has 2 aromatic carbocycles. The smallest absolute Gasteiger partial charge is 0.387 e. The summed E-state index contributed by atoms with van der Waals surface area (Å²) in [7, 11) is 0. The summed E-state index contributed by atoms with van der Waals surface area (Å²) in [5.41, 5.74) is -0.284. The lowest BCUT2D eigenvalue weighted by Crippen LogP contribution is -2.40. The van der Waals surface area contributed by atoms with Crippen LogP contribution in [0.25, 0.3) is 0 Å². The molecule has 0 spiro atoms. The van der Waals surface area contributed by atoms with Crippen LogP contribution in [0.15, 0.2) is 53.6 Å². The molecule has 0 bridgehead atoms. The Kier molecular flexibility index (Phi) is 7.07. The average Bonchev–Trinajstić information content (AvgIpc) is 2.96. The summed E-state index contributed by atoms with van der Waals surface area (Å²) >= 11 is 0. The van der Waals surface area contributed by atoms with Gasteiger partial charge in [-0.25, -0.2) is 4.79 Å². The second kappa shape index (κ2) is 9.76. The molecule has 0 aliphatic carbocycles. The van der Waals surface area contributed by atoms with Gasteiger partial charge in [0.05, 0.1) is 12.8 Å². The van der Waals surface area contributed by atoms with Gasteiger partial charge in [-0.15, -0.1) is 5.01 Å². The van der Waals surface area contributed by atoms with Crippen molar-refractivity contribution in [3.05, 3.63) is 59.7 Å². The van der Waals surface area contributed by atoms with Gasteiger partial charge in [0, 0.05) is 0 Å². The van der Waals surface area contributed by atoms with Gasteiger partial charge in [0.15, 0.2) is 0 Å². The highest BCUT2D eigenvalue weighted by Crippen LogP contribution is 2.30. The number of nitrogens with one attached hydrogen (secondary N) is 1. The summed E-state index contributed by atoms with van der Waals surface area (Å²) in [5.74, 6) is 0.648. The first-order valence-electron chi connectivity index (χ1n) is 10.2. The van der Waals surface area contributed by atoms with E-state index in [9.17, 15) is 18.4 Å². The number of carbonyl (C=O) groups excluding carboxylic acids is 2. The van der Waals surface area contributed by atoms with Crippen molar-refractivity contribution in [1.29, 1.82) is 0 Å². The standard InChI is InChI=1S/C23H25F2N3O4/c1-15(2)12-13-31-18-8-4-16(5-9-18)14-26-28-20(29)23(3,27-22(28)30)17-6-10-19(11-7-17)32-21(24)25/h4-11,14-15,21H,12-13H2,1-3H3,(H,27,30). The zero-order chi connectivity index (χ0) is 23.3. The van der Waals surface area contributed by atoms with Gasteiger partial charge in [0.2, 0.25) is 0 Å². The van der Waals surface area contributed by atoms with Crippen LogP contribution in [0.1, 0.15) is 38.3 Å². The Balaban J connectivity index is 1.67. The third-order valence-electron chi connectivity index (χ3n) is 4.99. The second-order valence-electron chi connectivity index (χ2n) is 7.92. The molecular weight excluding hydrogens is 420 g/mol. The maximum Gasteiger partial charge on any atom is 0.387 e. The molecule has 1 saturated heterocycles. The number of amides is 3. The van der Waals surface area contributed by atoms with Gasteiger partial charge in [-0.1, -0.05) is 26.0 Å². The van der Waals surface area contributed by atoms with Gasteiger partial charge >= 0.3 is 12.6 Å².